The molecule has 48 heavy (non-hydrogen) atoms. The molecule has 1 unspecified atom stereocenters. The summed E-state index contributed by atoms with van der Waals surface area (Å²) in [5.41, 5.74) is 6.98. The van der Waals surface area contributed by atoms with E-state index in [-0.39, 0.29) is 6.17 Å². The molecule has 226 valence electrons. The Bertz CT molecular complexity index is 2760. The summed E-state index contributed by atoms with van der Waals surface area (Å²) < 4.78 is 9.28. The SMILES string of the molecule is c1ccc(C2=NC(c3ccccc3)NC(c3cc(-c4cccc5c4sc4ccccc45)cc4oc5cc6ccccc6cc5c34)=N2)cc1. The van der Waals surface area contributed by atoms with Crippen LogP contribution in [0.25, 0.3) is 64.0 Å². The van der Waals surface area contributed by atoms with E-state index in [1.54, 1.807) is 0 Å². The predicted octanol–water partition coefficient (Wildman–Crippen LogP) is 11.3. The molecule has 0 amide bonds. The molecule has 10 rings (SSSR count). The third kappa shape index (κ3) is 4.36. The van der Waals surface area contributed by atoms with Crippen LogP contribution >= 0.6 is 11.3 Å². The number of rotatable bonds is 4. The van der Waals surface area contributed by atoms with Crippen molar-refractivity contribution < 1.29 is 4.42 Å². The van der Waals surface area contributed by atoms with Crippen molar-refractivity contribution >= 4 is 75.9 Å². The lowest BCUT2D eigenvalue weighted by molar-refractivity contribution is 0.668. The maximum Gasteiger partial charge on any atom is 0.159 e. The summed E-state index contributed by atoms with van der Waals surface area (Å²) in [6.45, 7) is 0. The Balaban J connectivity index is 1.27. The number of aliphatic imine (C=N–C) groups is 2. The fourth-order valence-electron chi connectivity index (χ4n) is 7.02. The quantitative estimate of drug-likeness (QED) is 0.210. The van der Waals surface area contributed by atoms with Crippen molar-refractivity contribution in [3.63, 3.8) is 0 Å². The van der Waals surface area contributed by atoms with Gasteiger partial charge in [0, 0.05) is 42.1 Å². The molecule has 4 nitrogen and oxygen atoms in total. The van der Waals surface area contributed by atoms with E-state index >= 15 is 0 Å². The molecule has 1 aliphatic rings. The lowest BCUT2D eigenvalue weighted by Crippen LogP contribution is -2.33. The van der Waals surface area contributed by atoms with Gasteiger partial charge in [0.25, 0.3) is 0 Å². The number of hydrogen-bond donors (Lipinski definition) is 1. The molecule has 1 aliphatic heterocycles. The monoisotopic (exact) mass is 633 g/mol. The van der Waals surface area contributed by atoms with Crippen molar-refractivity contribution in [2.45, 2.75) is 6.17 Å². The van der Waals surface area contributed by atoms with Gasteiger partial charge >= 0.3 is 0 Å². The Morgan fingerprint density at radius 1 is 0.562 bits per heavy atom. The van der Waals surface area contributed by atoms with E-state index in [0.29, 0.717) is 5.84 Å². The Morgan fingerprint density at radius 2 is 1.29 bits per heavy atom. The lowest BCUT2D eigenvalue weighted by Gasteiger charge is -2.24. The van der Waals surface area contributed by atoms with Crippen LogP contribution in [0.3, 0.4) is 0 Å². The highest BCUT2D eigenvalue weighted by Gasteiger charge is 2.25. The standard InChI is InChI=1S/C43H27N3OS/c1-3-12-26(13-4-1)41-44-42(27-14-5-2-6-15-27)46-43(45-41)35-23-30(31-19-11-20-33-32-18-9-10-21-38(32)48-40(31)33)25-37-39(35)34-22-28-16-7-8-17-29(28)24-36(34)47-37/h1-25,41H,(H,44,45,46). The second-order valence-corrected chi connectivity index (χ2v) is 13.3. The number of fused-ring (bicyclic) bond motifs is 7. The van der Waals surface area contributed by atoms with E-state index in [9.17, 15) is 0 Å². The molecule has 1 N–H and O–H groups in total. The second-order valence-electron chi connectivity index (χ2n) is 12.2. The molecule has 7 aromatic carbocycles. The van der Waals surface area contributed by atoms with Gasteiger partial charge in [0.15, 0.2) is 5.84 Å². The van der Waals surface area contributed by atoms with Crippen LogP contribution in [0.15, 0.2) is 166 Å². The van der Waals surface area contributed by atoms with Crippen molar-refractivity contribution in [1.82, 2.24) is 5.32 Å². The summed E-state index contributed by atoms with van der Waals surface area (Å²) >= 11 is 1.84. The van der Waals surface area contributed by atoms with Gasteiger partial charge in [-0.15, -0.1) is 11.3 Å². The molecular formula is C43H27N3OS. The van der Waals surface area contributed by atoms with E-state index in [0.717, 1.165) is 55.4 Å². The average molecular weight is 634 g/mol. The maximum absolute atomic E-state index is 6.74. The Kier molecular flexibility index (Phi) is 6.08. The van der Waals surface area contributed by atoms with Crippen LogP contribution in [0.5, 0.6) is 0 Å². The predicted molar refractivity (Wildman–Crippen MR) is 201 cm³/mol. The molecule has 5 heteroatoms. The number of benzene rings is 7. The van der Waals surface area contributed by atoms with Gasteiger partial charge in [0.05, 0.1) is 0 Å². The molecule has 0 bridgehead atoms. The normalized spacial score (nSPS) is 14.9. The van der Waals surface area contributed by atoms with Crippen LogP contribution in [0.4, 0.5) is 0 Å². The van der Waals surface area contributed by atoms with Gasteiger partial charge in [0.1, 0.15) is 23.2 Å². The van der Waals surface area contributed by atoms with Gasteiger partial charge < -0.3 is 9.73 Å². The van der Waals surface area contributed by atoms with Crippen LogP contribution in [0, 0.1) is 0 Å². The van der Waals surface area contributed by atoms with Crippen molar-refractivity contribution in [2.75, 3.05) is 0 Å². The summed E-state index contributed by atoms with van der Waals surface area (Å²) in [6.07, 6.45) is -0.308. The fourth-order valence-corrected chi connectivity index (χ4v) is 8.26. The van der Waals surface area contributed by atoms with Gasteiger partial charge in [0.2, 0.25) is 0 Å². The van der Waals surface area contributed by atoms with E-state index in [1.165, 1.54) is 31.1 Å². The third-order valence-corrected chi connectivity index (χ3v) is 10.5. The van der Waals surface area contributed by atoms with Crippen molar-refractivity contribution in [3.8, 4) is 11.1 Å². The first-order valence-corrected chi connectivity index (χ1v) is 16.9. The summed E-state index contributed by atoms with van der Waals surface area (Å²) in [5, 5.41) is 10.7. The Hall–Kier alpha value is -6.04. The molecular weight excluding hydrogens is 607 g/mol. The van der Waals surface area contributed by atoms with Crippen molar-refractivity contribution in [1.29, 1.82) is 0 Å². The Labute approximate surface area is 280 Å². The first-order chi connectivity index (χ1) is 23.8. The molecule has 0 radical (unpaired) electrons. The highest BCUT2D eigenvalue weighted by molar-refractivity contribution is 7.26. The highest BCUT2D eigenvalue weighted by atomic mass is 32.1. The van der Waals surface area contributed by atoms with Gasteiger partial charge in [-0.1, -0.05) is 121 Å². The fraction of sp³-hybridized carbons (Fsp3) is 0.0233. The smallest absolute Gasteiger partial charge is 0.159 e. The zero-order valence-electron chi connectivity index (χ0n) is 25.7. The van der Waals surface area contributed by atoms with E-state index in [1.807, 2.05) is 35.6 Å². The number of furan rings is 1. The van der Waals surface area contributed by atoms with Crippen LogP contribution in [0.1, 0.15) is 22.9 Å². The topological polar surface area (TPSA) is 49.9 Å². The van der Waals surface area contributed by atoms with Crippen molar-refractivity contribution in [3.05, 3.63) is 168 Å². The molecule has 0 spiro atoms. The molecule has 1 atom stereocenters. The summed E-state index contributed by atoms with van der Waals surface area (Å²) in [6, 6.07) is 53.2. The van der Waals surface area contributed by atoms with Gasteiger partial charge in [-0.05, 0) is 57.8 Å². The molecule has 2 aromatic heterocycles. The second kappa shape index (κ2) is 10.8. The zero-order valence-corrected chi connectivity index (χ0v) is 26.5. The van der Waals surface area contributed by atoms with Gasteiger partial charge in [-0.3, -0.25) is 0 Å². The molecule has 0 saturated heterocycles. The maximum atomic E-state index is 6.74. The number of amidine groups is 2. The van der Waals surface area contributed by atoms with E-state index in [2.05, 4.69) is 133 Å². The van der Waals surface area contributed by atoms with E-state index < -0.39 is 0 Å². The van der Waals surface area contributed by atoms with Crippen molar-refractivity contribution in [2.24, 2.45) is 9.98 Å². The third-order valence-electron chi connectivity index (χ3n) is 9.30. The largest absolute Gasteiger partial charge is 0.456 e. The molecule has 0 saturated carbocycles. The van der Waals surface area contributed by atoms with Crippen LogP contribution in [0.2, 0.25) is 0 Å². The Morgan fingerprint density at radius 3 is 2.15 bits per heavy atom. The summed E-state index contributed by atoms with van der Waals surface area (Å²) in [5.74, 6) is 1.46. The van der Waals surface area contributed by atoms with Crippen LogP contribution in [-0.2, 0) is 0 Å². The number of hydrogen-bond acceptors (Lipinski definition) is 5. The molecule has 9 aromatic rings. The molecule has 0 fully saturated rings. The highest BCUT2D eigenvalue weighted by Crippen LogP contribution is 2.43. The van der Waals surface area contributed by atoms with Crippen LogP contribution < -0.4 is 5.32 Å². The summed E-state index contributed by atoms with van der Waals surface area (Å²) in [7, 11) is 0. The van der Waals surface area contributed by atoms with Gasteiger partial charge in [-0.2, -0.15) is 0 Å². The zero-order chi connectivity index (χ0) is 31.6. The molecule has 3 heterocycles. The van der Waals surface area contributed by atoms with E-state index in [4.69, 9.17) is 14.4 Å². The minimum Gasteiger partial charge on any atom is -0.456 e. The van der Waals surface area contributed by atoms with Crippen LogP contribution in [-0.4, -0.2) is 11.7 Å². The minimum atomic E-state index is -0.308. The number of nitrogens with zero attached hydrogens (tertiary/aromatic N) is 2. The first kappa shape index (κ1) is 27.1. The summed E-state index contributed by atoms with van der Waals surface area (Å²) in [4.78, 5) is 10.4. The minimum absolute atomic E-state index is 0.308. The first-order valence-electron chi connectivity index (χ1n) is 16.1. The molecule has 0 aliphatic carbocycles. The number of thiophene rings is 1. The lowest BCUT2D eigenvalue weighted by atomic mass is 9.96. The van der Waals surface area contributed by atoms with Gasteiger partial charge in [-0.25, -0.2) is 9.98 Å². The number of nitrogens with one attached hydrogen (secondary N) is 1. The average Bonchev–Trinajstić information content (AvgIpc) is 3.72.